The van der Waals surface area contributed by atoms with E-state index in [9.17, 15) is 4.79 Å². The van der Waals surface area contributed by atoms with Gasteiger partial charge in [0.15, 0.2) is 0 Å². The van der Waals surface area contributed by atoms with Gasteiger partial charge in [-0.1, -0.05) is 0 Å². The van der Waals surface area contributed by atoms with Gasteiger partial charge in [-0.25, -0.2) is 9.78 Å². The maximum Gasteiger partial charge on any atom is 0.347 e. The SMILES string of the molecule is CC(C)N1CCC(Cc2ncc(C(=O)O)s2)CC1. The van der Waals surface area contributed by atoms with Crippen LogP contribution in [0.25, 0.3) is 0 Å². The Morgan fingerprint density at radius 2 is 2.22 bits per heavy atom. The summed E-state index contributed by atoms with van der Waals surface area (Å²) < 4.78 is 0. The van der Waals surface area contributed by atoms with Gasteiger partial charge in [-0.3, -0.25) is 0 Å². The third-order valence-corrected chi connectivity index (χ3v) is 4.61. The molecule has 100 valence electrons. The van der Waals surface area contributed by atoms with Crippen molar-refractivity contribution in [1.82, 2.24) is 9.88 Å². The zero-order chi connectivity index (χ0) is 13.1. The van der Waals surface area contributed by atoms with Crippen molar-refractivity contribution in [3.63, 3.8) is 0 Å². The number of hydrogen-bond donors (Lipinski definition) is 1. The number of carbonyl (C=O) groups is 1. The lowest BCUT2D eigenvalue weighted by molar-refractivity contribution is 0.0702. The molecule has 18 heavy (non-hydrogen) atoms. The summed E-state index contributed by atoms with van der Waals surface area (Å²) in [6.45, 7) is 6.78. The van der Waals surface area contributed by atoms with Crippen LogP contribution in [-0.4, -0.2) is 40.1 Å². The van der Waals surface area contributed by atoms with E-state index in [1.165, 1.54) is 30.4 Å². The molecular weight excluding hydrogens is 248 g/mol. The van der Waals surface area contributed by atoms with Crippen molar-refractivity contribution < 1.29 is 9.90 Å². The number of carboxylic acids is 1. The maximum atomic E-state index is 10.8. The molecule has 0 radical (unpaired) electrons. The van der Waals surface area contributed by atoms with Gasteiger partial charge in [0.25, 0.3) is 0 Å². The molecule has 0 amide bonds. The Labute approximate surface area is 112 Å². The van der Waals surface area contributed by atoms with Gasteiger partial charge in [0, 0.05) is 12.5 Å². The lowest BCUT2D eigenvalue weighted by atomic mass is 9.93. The third kappa shape index (κ3) is 3.29. The molecular formula is C13H20N2O2S. The van der Waals surface area contributed by atoms with E-state index in [4.69, 9.17) is 5.11 Å². The van der Waals surface area contributed by atoms with Gasteiger partial charge in [0.1, 0.15) is 4.88 Å². The number of aromatic nitrogens is 1. The fourth-order valence-corrected chi connectivity index (χ4v) is 3.29. The van der Waals surface area contributed by atoms with Crippen LogP contribution in [-0.2, 0) is 6.42 Å². The lowest BCUT2D eigenvalue weighted by Crippen LogP contribution is -2.38. The van der Waals surface area contributed by atoms with Crippen LogP contribution in [0.5, 0.6) is 0 Å². The van der Waals surface area contributed by atoms with E-state index in [1.54, 1.807) is 0 Å². The van der Waals surface area contributed by atoms with Gasteiger partial charge < -0.3 is 10.0 Å². The second-order valence-electron chi connectivity index (χ2n) is 5.20. The van der Waals surface area contributed by atoms with Crippen molar-refractivity contribution in [3.8, 4) is 0 Å². The highest BCUT2D eigenvalue weighted by atomic mass is 32.1. The van der Waals surface area contributed by atoms with Crippen LogP contribution < -0.4 is 0 Å². The monoisotopic (exact) mass is 268 g/mol. The summed E-state index contributed by atoms with van der Waals surface area (Å²) in [6.07, 6.45) is 4.80. The van der Waals surface area contributed by atoms with Crippen LogP contribution >= 0.6 is 11.3 Å². The second kappa shape index (κ2) is 5.80. The molecule has 1 N–H and O–H groups in total. The van der Waals surface area contributed by atoms with Crippen molar-refractivity contribution in [2.45, 2.75) is 39.2 Å². The van der Waals surface area contributed by atoms with Crippen molar-refractivity contribution in [1.29, 1.82) is 0 Å². The van der Waals surface area contributed by atoms with E-state index in [2.05, 4.69) is 23.7 Å². The van der Waals surface area contributed by atoms with Crippen LogP contribution in [0.1, 0.15) is 41.4 Å². The van der Waals surface area contributed by atoms with Gasteiger partial charge in [0.2, 0.25) is 0 Å². The molecule has 4 nitrogen and oxygen atoms in total. The molecule has 2 rings (SSSR count). The smallest absolute Gasteiger partial charge is 0.347 e. The molecule has 0 atom stereocenters. The molecule has 1 aliphatic rings. The molecule has 0 unspecified atom stereocenters. The van der Waals surface area contributed by atoms with E-state index in [0.717, 1.165) is 24.5 Å². The second-order valence-corrected chi connectivity index (χ2v) is 6.32. The van der Waals surface area contributed by atoms with Crippen LogP contribution in [0.2, 0.25) is 0 Å². The predicted molar refractivity (Wildman–Crippen MR) is 72.2 cm³/mol. The molecule has 0 aromatic carbocycles. The van der Waals surface area contributed by atoms with Crippen molar-refractivity contribution in [3.05, 3.63) is 16.1 Å². The minimum Gasteiger partial charge on any atom is -0.477 e. The van der Waals surface area contributed by atoms with Crippen LogP contribution in [0.3, 0.4) is 0 Å². The molecule has 1 aliphatic heterocycles. The highest BCUT2D eigenvalue weighted by Gasteiger charge is 2.22. The van der Waals surface area contributed by atoms with E-state index < -0.39 is 5.97 Å². The Morgan fingerprint density at radius 3 is 2.72 bits per heavy atom. The van der Waals surface area contributed by atoms with Gasteiger partial charge in [-0.2, -0.15) is 0 Å². The molecule has 5 heteroatoms. The fourth-order valence-electron chi connectivity index (χ4n) is 2.42. The molecule has 1 aromatic heterocycles. The molecule has 1 saturated heterocycles. The Kier molecular flexibility index (Phi) is 4.35. The highest BCUT2D eigenvalue weighted by molar-refractivity contribution is 7.13. The molecule has 0 bridgehead atoms. The highest BCUT2D eigenvalue weighted by Crippen LogP contribution is 2.24. The first-order chi connectivity index (χ1) is 8.56. The van der Waals surface area contributed by atoms with Crippen LogP contribution in [0.4, 0.5) is 0 Å². The summed E-state index contributed by atoms with van der Waals surface area (Å²) in [5.41, 5.74) is 0. The van der Waals surface area contributed by atoms with Crippen molar-refractivity contribution >= 4 is 17.3 Å². The standard InChI is InChI=1S/C13H20N2O2S/c1-9(2)15-5-3-10(4-6-15)7-12-14-8-11(18-12)13(16)17/h8-10H,3-7H2,1-2H3,(H,16,17). The number of carboxylic acid groups (broad SMARTS) is 1. The molecule has 0 aliphatic carbocycles. The summed E-state index contributed by atoms with van der Waals surface area (Å²) in [7, 11) is 0. The number of rotatable bonds is 4. The summed E-state index contributed by atoms with van der Waals surface area (Å²) in [4.78, 5) is 17.9. The topological polar surface area (TPSA) is 53.4 Å². The lowest BCUT2D eigenvalue weighted by Gasteiger charge is -2.34. The first-order valence-corrected chi connectivity index (χ1v) is 7.30. The number of nitrogens with zero attached hydrogens (tertiary/aromatic N) is 2. The van der Waals surface area contributed by atoms with E-state index in [0.29, 0.717) is 16.8 Å². The van der Waals surface area contributed by atoms with Gasteiger partial charge in [-0.15, -0.1) is 11.3 Å². The quantitative estimate of drug-likeness (QED) is 0.911. The first-order valence-electron chi connectivity index (χ1n) is 6.48. The van der Waals surface area contributed by atoms with Gasteiger partial charge in [-0.05, 0) is 45.7 Å². The Hall–Kier alpha value is -0.940. The number of thiazole rings is 1. The summed E-state index contributed by atoms with van der Waals surface area (Å²) in [5, 5.41) is 9.83. The van der Waals surface area contributed by atoms with E-state index in [1.807, 2.05) is 0 Å². The molecule has 0 spiro atoms. The Morgan fingerprint density at radius 1 is 1.56 bits per heavy atom. The number of likely N-dealkylation sites (tertiary alicyclic amines) is 1. The summed E-state index contributed by atoms with van der Waals surface area (Å²) in [6, 6.07) is 0.629. The molecule has 0 saturated carbocycles. The average molecular weight is 268 g/mol. The van der Waals surface area contributed by atoms with Crippen molar-refractivity contribution in [2.24, 2.45) is 5.92 Å². The van der Waals surface area contributed by atoms with Crippen molar-refractivity contribution in [2.75, 3.05) is 13.1 Å². The number of hydrogen-bond acceptors (Lipinski definition) is 4. The summed E-state index contributed by atoms with van der Waals surface area (Å²) >= 11 is 1.32. The van der Waals surface area contributed by atoms with Gasteiger partial charge in [0.05, 0.1) is 11.2 Å². The third-order valence-electron chi connectivity index (χ3n) is 3.61. The largest absolute Gasteiger partial charge is 0.477 e. The molecule has 1 aromatic rings. The molecule has 1 fully saturated rings. The zero-order valence-corrected chi connectivity index (χ0v) is 11.7. The minimum absolute atomic E-state index is 0.351. The van der Waals surface area contributed by atoms with Crippen LogP contribution in [0.15, 0.2) is 6.20 Å². The van der Waals surface area contributed by atoms with E-state index >= 15 is 0 Å². The average Bonchev–Trinajstić information content (AvgIpc) is 2.78. The number of aromatic carboxylic acids is 1. The van der Waals surface area contributed by atoms with Gasteiger partial charge >= 0.3 is 5.97 Å². The number of piperidine rings is 1. The van der Waals surface area contributed by atoms with E-state index in [-0.39, 0.29) is 0 Å². The Bertz CT molecular complexity index is 409. The first kappa shape index (κ1) is 13.5. The predicted octanol–water partition coefficient (Wildman–Crippen LogP) is 2.50. The fraction of sp³-hybridized carbons (Fsp3) is 0.692. The maximum absolute atomic E-state index is 10.8. The Balaban J connectivity index is 1.85. The van der Waals surface area contributed by atoms with Crippen LogP contribution in [0, 0.1) is 5.92 Å². The summed E-state index contributed by atoms with van der Waals surface area (Å²) in [5.74, 6) is -0.207. The normalized spacial score (nSPS) is 18.4. The molecule has 2 heterocycles. The minimum atomic E-state index is -0.867. The zero-order valence-electron chi connectivity index (χ0n) is 10.9.